The topological polar surface area (TPSA) is 66.8 Å². The molecule has 0 radical (unpaired) electrons. The number of nitrogens with one attached hydrogen (secondary N) is 1. The van der Waals surface area contributed by atoms with Crippen LogP contribution in [0.25, 0.3) is 22.3 Å². The van der Waals surface area contributed by atoms with E-state index in [2.05, 4.69) is 38.4 Å². The first-order valence-corrected chi connectivity index (χ1v) is 10.4. The highest BCUT2D eigenvalue weighted by Crippen LogP contribution is 2.29. The number of para-hydroxylation sites is 1. The van der Waals surface area contributed by atoms with Crippen LogP contribution < -0.4 is 10.2 Å². The molecule has 5 rings (SSSR count). The van der Waals surface area contributed by atoms with Crippen LogP contribution in [-0.2, 0) is 0 Å². The highest BCUT2D eigenvalue weighted by Gasteiger charge is 2.23. The summed E-state index contributed by atoms with van der Waals surface area (Å²) in [6, 6.07) is 18.7. The number of rotatable bonds is 4. The van der Waals surface area contributed by atoms with E-state index in [1.165, 1.54) is 0 Å². The number of fused-ring (bicyclic) bond motifs is 1. The molecule has 1 N–H and O–H groups in total. The lowest BCUT2D eigenvalue weighted by atomic mass is 10.0. The van der Waals surface area contributed by atoms with Gasteiger partial charge >= 0.3 is 0 Å². The van der Waals surface area contributed by atoms with Crippen molar-refractivity contribution < 1.29 is 0 Å². The molecular formula is C24H24N6. The minimum atomic E-state index is 0.420. The van der Waals surface area contributed by atoms with Crippen molar-refractivity contribution in [3.05, 3.63) is 72.7 Å². The van der Waals surface area contributed by atoms with Crippen LogP contribution in [0.2, 0.25) is 0 Å². The van der Waals surface area contributed by atoms with Gasteiger partial charge < -0.3 is 10.2 Å². The van der Waals surface area contributed by atoms with Crippen LogP contribution in [0.1, 0.15) is 18.5 Å². The predicted octanol–water partition coefficient (Wildman–Crippen LogP) is 4.48. The van der Waals surface area contributed by atoms with Crippen molar-refractivity contribution in [1.29, 1.82) is 0 Å². The first-order valence-electron chi connectivity index (χ1n) is 10.4. The van der Waals surface area contributed by atoms with Gasteiger partial charge in [0.25, 0.3) is 0 Å². The van der Waals surface area contributed by atoms with E-state index in [9.17, 15) is 0 Å². The van der Waals surface area contributed by atoms with Crippen molar-refractivity contribution in [1.82, 2.24) is 19.9 Å². The minimum absolute atomic E-state index is 0.420. The summed E-state index contributed by atoms with van der Waals surface area (Å²) in [4.78, 5) is 20.8. The largest absolute Gasteiger partial charge is 0.367 e. The second-order valence-electron chi connectivity index (χ2n) is 7.69. The Hall–Kier alpha value is -3.54. The van der Waals surface area contributed by atoms with Crippen LogP contribution in [0.3, 0.4) is 0 Å². The summed E-state index contributed by atoms with van der Waals surface area (Å²) in [6.07, 6.45) is 5.64. The van der Waals surface area contributed by atoms with E-state index in [1.807, 2.05) is 43.3 Å². The number of nitrogens with zero attached hydrogens (tertiary/aromatic N) is 5. The minimum Gasteiger partial charge on any atom is -0.367 e. The maximum absolute atomic E-state index is 4.97. The van der Waals surface area contributed by atoms with E-state index in [4.69, 9.17) is 9.97 Å². The van der Waals surface area contributed by atoms with Gasteiger partial charge in [-0.05, 0) is 56.2 Å². The molecule has 4 heterocycles. The van der Waals surface area contributed by atoms with Crippen LogP contribution in [0, 0.1) is 6.92 Å². The molecule has 0 aliphatic carbocycles. The van der Waals surface area contributed by atoms with Gasteiger partial charge in [-0.3, -0.25) is 4.98 Å². The van der Waals surface area contributed by atoms with Gasteiger partial charge in [0.15, 0.2) is 5.82 Å². The molecule has 4 aromatic rings. The van der Waals surface area contributed by atoms with E-state index in [0.717, 1.165) is 65.6 Å². The Morgan fingerprint density at radius 1 is 0.867 bits per heavy atom. The lowest BCUT2D eigenvalue weighted by Gasteiger charge is -2.34. The number of hydrogen-bond donors (Lipinski definition) is 1. The number of anilines is 2. The lowest BCUT2D eigenvalue weighted by Crippen LogP contribution is -2.39. The molecule has 30 heavy (non-hydrogen) atoms. The molecule has 0 atom stereocenters. The zero-order valence-electron chi connectivity index (χ0n) is 17.0. The zero-order chi connectivity index (χ0) is 20.3. The maximum Gasteiger partial charge on any atom is 0.162 e. The Kier molecular flexibility index (Phi) is 4.97. The average Bonchev–Trinajstić information content (AvgIpc) is 2.79. The Labute approximate surface area is 176 Å². The quantitative estimate of drug-likeness (QED) is 0.549. The SMILES string of the molecule is Cc1cccc(NC2CCN(c3nc(-c4ccncc4)nc4ccccc34)CC2)n1. The molecule has 3 aromatic heterocycles. The molecular weight excluding hydrogens is 372 g/mol. The molecule has 1 aliphatic rings. The molecule has 150 valence electrons. The van der Waals surface area contributed by atoms with Crippen molar-refractivity contribution in [3.8, 4) is 11.4 Å². The fourth-order valence-electron chi connectivity index (χ4n) is 4.00. The van der Waals surface area contributed by atoms with Gasteiger partial charge in [-0.2, -0.15) is 0 Å². The molecule has 0 spiro atoms. The van der Waals surface area contributed by atoms with Gasteiger partial charge in [-0.15, -0.1) is 0 Å². The molecule has 1 aromatic carbocycles. The van der Waals surface area contributed by atoms with Crippen LogP contribution in [0.15, 0.2) is 67.0 Å². The number of hydrogen-bond acceptors (Lipinski definition) is 6. The van der Waals surface area contributed by atoms with Gasteiger partial charge in [-0.1, -0.05) is 18.2 Å². The van der Waals surface area contributed by atoms with Crippen molar-refractivity contribution in [2.24, 2.45) is 0 Å². The highest BCUT2D eigenvalue weighted by molar-refractivity contribution is 5.91. The molecule has 6 nitrogen and oxygen atoms in total. The Morgan fingerprint density at radius 3 is 2.47 bits per heavy atom. The third kappa shape index (κ3) is 3.81. The second-order valence-corrected chi connectivity index (χ2v) is 7.69. The smallest absolute Gasteiger partial charge is 0.162 e. The molecule has 0 unspecified atom stereocenters. The zero-order valence-corrected chi connectivity index (χ0v) is 17.0. The normalized spacial score (nSPS) is 14.8. The van der Waals surface area contributed by atoms with Gasteiger partial charge in [0.05, 0.1) is 5.52 Å². The van der Waals surface area contributed by atoms with Crippen molar-refractivity contribution in [2.45, 2.75) is 25.8 Å². The van der Waals surface area contributed by atoms with Crippen molar-refractivity contribution >= 4 is 22.5 Å². The van der Waals surface area contributed by atoms with Gasteiger partial charge in [0.1, 0.15) is 11.6 Å². The fourth-order valence-corrected chi connectivity index (χ4v) is 4.00. The summed E-state index contributed by atoms with van der Waals surface area (Å²) in [6.45, 7) is 3.91. The summed E-state index contributed by atoms with van der Waals surface area (Å²) in [5.41, 5.74) is 2.99. The van der Waals surface area contributed by atoms with Crippen LogP contribution in [-0.4, -0.2) is 39.1 Å². The monoisotopic (exact) mass is 396 g/mol. The van der Waals surface area contributed by atoms with Gasteiger partial charge in [-0.25, -0.2) is 15.0 Å². The Balaban J connectivity index is 1.40. The molecule has 0 bridgehead atoms. The fraction of sp³-hybridized carbons (Fsp3) is 0.250. The molecule has 0 saturated carbocycles. The first kappa shape index (κ1) is 18.5. The van der Waals surface area contributed by atoms with Crippen LogP contribution >= 0.6 is 0 Å². The first-order chi connectivity index (χ1) is 14.8. The Morgan fingerprint density at radius 2 is 1.67 bits per heavy atom. The van der Waals surface area contributed by atoms with Gasteiger partial charge in [0, 0.05) is 48.2 Å². The van der Waals surface area contributed by atoms with Crippen molar-refractivity contribution in [2.75, 3.05) is 23.3 Å². The van der Waals surface area contributed by atoms with Crippen LogP contribution in [0.4, 0.5) is 11.6 Å². The third-order valence-corrected chi connectivity index (χ3v) is 5.56. The predicted molar refractivity (Wildman–Crippen MR) is 121 cm³/mol. The molecule has 1 aliphatic heterocycles. The number of piperidine rings is 1. The van der Waals surface area contributed by atoms with E-state index >= 15 is 0 Å². The maximum atomic E-state index is 4.97. The molecule has 6 heteroatoms. The summed E-state index contributed by atoms with van der Waals surface area (Å²) < 4.78 is 0. The summed E-state index contributed by atoms with van der Waals surface area (Å²) in [5, 5.41) is 4.69. The summed E-state index contributed by atoms with van der Waals surface area (Å²) >= 11 is 0. The number of aryl methyl sites for hydroxylation is 1. The highest BCUT2D eigenvalue weighted by atomic mass is 15.2. The van der Waals surface area contributed by atoms with Gasteiger partial charge in [0.2, 0.25) is 0 Å². The standard InChI is InChI=1S/C24H24N6/c1-17-5-4-8-22(26-17)27-19-11-15-30(16-12-19)24-20-6-2-3-7-21(20)28-23(29-24)18-9-13-25-14-10-18/h2-10,13-14,19H,11-12,15-16H2,1H3,(H,26,27). The average molecular weight is 396 g/mol. The number of pyridine rings is 2. The number of benzene rings is 1. The third-order valence-electron chi connectivity index (χ3n) is 5.56. The molecule has 1 fully saturated rings. The molecule has 0 amide bonds. The summed E-state index contributed by atoms with van der Waals surface area (Å²) in [7, 11) is 0. The summed E-state index contributed by atoms with van der Waals surface area (Å²) in [5.74, 6) is 2.72. The van der Waals surface area contributed by atoms with E-state index in [0.29, 0.717) is 6.04 Å². The van der Waals surface area contributed by atoms with E-state index in [-0.39, 0.29) is 0 Å². The molecule has 1 saturated heterocycles. The number of aromatic nitrogens is 4. The lowest BCUT2D eigenvalue weighted by molar-refractivity contribution is 0.523. The Bertz CT molecular complexity index is 1150. The van der Waals surface area contributed by atoms with Crippen LogP contribution in [0.5, 0.6) is 0 Å². The van der Waals surface area contributed by atoms with E-state index in [1.54, 1.807) is 12.4 Å². The second kappa shape index (κ2) is 8.06. The van der Waals surface area contributed by atoms with Crippen molar-refractivity contribution in [3.63, 3.8) is 0 Å². The van der Waals surface area contributed by atoms with E-state index < -0.39 is 0 Å².